The van der Waals surface area contributed by atoms with Gasteiger partial charge in [0, 0.05) is 154 Å². The number of hydrogen-bond acceptors (Lipinski definition) is 5. The molecule has 5 N–H and O–H groups in total. The molecule has 65 heavy (non-hydrogen) atoms. The van der Waals surface area contributed by atoms with Crippen molar-refractivity contribution in [3.63, 3.8) is 0 Å². The first-order chi connectivity index (χ1) is 27.8. The van der Waals surface area contributed by atoms with Gasteiger partial charge in [0.05, 0.1) is 11.2 Å². The van der Waals surface area contributed by atoms with Crippen LogP contribution < -0.4 is 11.1 Å². The average Bonchev–Trinajstić information content (AvgIpc) is 3.69. The molecule has 0 radical (unpaired) electrons. The Morgan fingerprint density at radius 3 is 1.48 bits per heavy atom. The van der Waals surface area contributed by atoms with Crippen LogP contribution in [0, 0.1) is 205 Å². The molecule has 0 saturated heterocycles. The molecule has 358 valence electrons. The average molecular weight is 1800 g/mol. The first-order valence-corrected chi connectivity index (χ1v) is 23.8. The molecular formula is C54H84F2N2O3U4. The van der Waals surface area contributed by atoms with E-state index >= 15 is 0 Å². The van der Waals surface area contributed by atoms with Crippen LogP contribution in [0.5, 0.6) is 0 Å². The number of carbonyl (C=O) groups is 1. The van der Waals surface area contributed by atoms with Gasteiger partial charge in [0.2, 0.25) is 0 Å². The van der Waals surface area contributed by atoms with Gasteiger partial charge in [0.1, 0.15) is 17.4 Å². The van der Waals surface area contributed by atoms with Gasteiger partial charge in [-0.2, -0.15) is 0 Å². The summed E-state index contributed by atoms with van der Waals surface area (Å²) in [6.45, 7) is 14.0. The van der Waals surface area contributed by atoms with Crippen molar-refractivity contribution >= 4 is 17.2 Å². The fourth-order valence-corrected chi connectivity index (χ4v) is 16.1. The molecule has 8 aliphatic rings. The Morgan fingerprint density at radius 1 is 0.538 bits per heavy atom. The SMILES string of the molecule is C.C.C[C@@]1(O)CC[C@@]2(C)[C@@H](CC[C@@H]3[C@@H]2CC[C@]2(C)C(=O)CC[C@@H]32)C1.C[C@@]1(O)CC[C@@]2(C)[C@@H](CC[C@@H]3[C@@H]2CC[C@]2(C)[C@@H](Nc4ccc(F)cc4)CC[C@@H]32)C1.Nc1ccc(F)cc1.[U].[U].[U].[U]. The second-order valence-electron chi connectivity index (χ2n) is 23.0. The standard InChI is InChI=1S/C26H38FNO.C20H32O2.C6H6FN.2CH4.4U/c1-24(29)14-15-25(2)17(16-24)4-9-20-21-10-11-23(26(21,3)13-12-22(20)25)28-19-7-5-18(27)6-8-19;1-18(22)10-11-19(2)13(12-18)4-5-14-15-6-7-17(21)20(15,3)9-8-16(14)19;7-5-1-3-6(8)4-2-5;;;;;;/h5-8,17,20-23,28-29H,4,9-16H2,1-3H3;13-16,22H,4-12H2,1-3H3;1-4H,8H2;2*1H4;;;;/t17-,20-,21-,22-,23-,24+,25-,26-;13-,14-,15-,16-,18+,19-,20-;;;;;;;/m00......./s1. The Hall–Kier alpha value is 1.70. The van der Waals surface area contributed by atoms with E-state index in [4.69, 9.17) is 5.73 Å². The number of anilines is 2. The minimum absolute atomic E-state index is 0. The van der Waals surface area contributed by atoms with E-state index in [2.05, 4.69) is 39.9 Å². The van der Waals surface area contributed by atoms with Gasteiger partial charge >= 0.3 is 0 Å². The Kier molecular flexibility index (Phi) is 23.3. The molecule has 5 nitrogen and oxygen atoms in total. The molecule has 8 fully saturated rings. The molecule has 8 aliphatic carbocycles. The molecule has 0 spiro atoms. The van der Waals surface area contributed by atoms with Crippen molar-refractivity contribution in [2.24, 2.45) is 69.0 Å². The first kappa shape index (κ1) is 62.8. The van der Waals surface area contributed by atoms with Gasteiger partial charge in [0.25, 0.3) is 0 Å². The zero-order chi connectivity index (χ0) is 42.2. The molecule has 0 heterocycles. The van der Waals surface area contributed by atoms with Crippen LogP contribution in [0.15, 0.2) is 48.5 Å². The topological polar surface area (TPSA) is 95.6 Å². The molecule has 0 bridgehead atoms. The second kappa shape index (κ2) is 24.2. The Balaban J connectivity index is 0.000000360. The number of carbonyl (C=O) groups excluding carboxylic acids is 1. The number of Topliss-reactive ketones (excluding diaryl/α,β-unsaturated/α-hetero) is 1. The van der Waals surface area contributed by atoms with Gasteiger partial charge in [-0.1, -0.05) is 42.5 Å². The molecule has 15 atom stereocenters. The molecule has 0 aliphatic heterocycles. The molecular weight excluding hydrogens is 1710 g/mol. The predicted octanol–water partition coefficient (Wildman–Crippen LogP) is 13.4. The number of nitrogens with two attached hydrogens (primary N) is 1. The summed E-state index contributed by atoms with van der Waals surface area (Å²) in [5, 5.41) is 25.0. The maximum Gasteiger partial charge on any atom is 0.139 e. The summed E-state index contributed by atoms with van der Waals surface area (Å²) in [5.74, 6) is 6.24. The largest absolute Gasteiger partial charge is 0.399 e. The fourth-order valence-electron chi connectivity index (χ4n) is 16.1. The molecule has 2 aromatic carbocycles. The van der Waals surface area contributed by atoms with E-state index in [0.717, 1.165) is 80.2 Å². The summed E-state index contributed by atoms with van der Waals surface area (Å²) in [6, 6.07) is 13.1. The number of aliphatic hydroxyl groups is 2. The Labute approximate surface area is 488 Å². The van der Waals surface area contributed by atoms with Crippen molar-refractivity contribution in [1.82, 2.24) is 0 Å². The number of halogens is 2. The van der Waals surface area contributed by atoms with Crippen LogP contribution >= 0.6 is 0 Å². The molecule has 0 aromatic heterocycles. The van der Waals surface area contributed by atoms with Crippen LogP contribution in [-0.4, -0.2) is 33.2 Å². The smallest absolute Gasteiger partial charge is 0.139 e. The normalized spacial score (nSPS) is 42.6. The minimum Gasteiger partial charge on any atom is -0.399 e. The van der Waals surface area contributed by atoms with Crippen LogP contribution in [0.2, 0.25) is 0 Å². The van der Waals surface area contributed by atoms with Crippen molar-refractivity contribution in [2.45, 2.75) is 189 Å². The van der Waals surface area contributed by atoms with Crippen molar-refractivity contribution in [3.05, 3.63) is 60.2 Å². The molecule has 10 rings (SSSR count). The number of nitrogen functional groups attached to an aromatic ring is 1. The summed E-state index contributed by atoms with van der Waals surface area (Å²) >= 11 is 0. The first-order valence-electron chi connectivity index (χ1n) is 23.8. The predicted molar refractivity (Wildman–Crippen MR) is 248 cm³/mol. The molecule has 0 unspecified atom stereocenters. The van der Waals surface area contributed by atoms with Gasteiger partial charge in [-0.05, 0) is 235 Å². The van der Waals surface area contributed by atoms with Gasteiger partial charge in [0.15, 0.2) is 0 Å². The number of nitrogens with one attached hydrogen (secondary N) is 1. The van der Waals surface area contributed by atoms with Gasteiger partial charge in [-0.15, -0.1) is 0 Å². The number of rotatable bonds is 2. The van der Waals surface area contributed by atoms with Crippen LogP contribution in [0.4, 0.5) is 20.2 Å². The van der Waals surface area contributed by atoms with E-state index in [-0.39, 0.29) is 156 Å². The number of hydrogen-bond donors (Lipinski definition) is 4. The Bertz CT molecular complexity index is 1820. The van der Waals surface area contributed by atoms with E-state index in [1.807, 2.05) is 19.1 Å². The molecule has 11 heteroatoms. The second-order valence-corrected chi connectivity index (χ2v) is 23.0. The minimum atomic E-state index is -0.447. The summed E-state index contributed by atoms with van der Waals surface area (Å²) in [7, 11) is 0. The summed E-state index contributed by atoms with van der Waals surface area (Å²) < 4.78 is 25.3. The molecule has 8 saturated carbocycles. The maximum absolute atomic E-state index is 13.3. The van der Waals surface area contributed by atoms with Gasteiger partial charge in [-0.25, -0.2) is 8.78 Å². The van der Waals surface area contributed by atoms with Crippen molar-refractivity contribution in [1.29, 1.82) is 0 Å². The van der Waals surface area contributed by atoms with Crippen LogP contribution in [0.1, 0.15) is 172 Å². The van der Waals surface area contributed by atoms with Crippen molar-refractivity contribution in [2.75, 3.05) is 11.1 Å². The van der Waals surface area contributed by atoms with Crippen LogP contribution in [0.25, 0.3) is 0 Å². The van der Waals surface area contributed by atoms with E-state index in [9.17, 15) is 23.8 Å². The van der Waals surface area contributed by atoms with E-state index in [1.54, 1.807) is 12.1 Å². The monoisotopic (exact) mass is 1800 g/mol. The third-order valence-electron chi connectivity index (χ3n) is 19.7. The summed E-state index contributed by atoms with van der Waals surface area (Å²) in [6.07, 6.45) is 21.1. The number of benzene rings is 2. The third kappa shape index (κ3) is 12.6. The summed E-state index contributed by atoms with van der Waals surface area (Å²) in [4.78, 5) is 12.4. The van der Waals surface area contributed by atoms with E-state index in [1.165, 1.54) is 94.9 Å². The molecule has 2 aromatic rings. The fraction of sp³-hybridized carbons (Fsp3) is 0.759. The van der Waals surface area contributed by atoms with Gasteiger partial charge in [-0.3, -0.25) is 4.79 Å². The third-order valence-corrected chi connectivity index (χ3v) is 19.7. The maximum atomic E-state index is 13.3. The van der Waals surface area contributed by atoms with Crippen molar-refractivity contribution < 1.29 is 148 Å². The van der Waals surface area contributed by atoms with E-state index < -0.39 is 11.2 Å². The Morgan fingerprint density at radius 2 is 0.985 bits per heavy atom. The quantitative estimate of drug-likeness (QED) is 0.225. The van der Waals surface area contributed by atoms with E-state index in [0.29, 0.717) is 51.5 Å². The van der Waals surface area contributed by atoms with Crippen LogP contribution in [0.3, 0.4) is 0 Å². The van der Waals surface area contributed by atoms with Crippen molar-refractivity contribution in [3.8, 4) is 0 Å². The zero-order valence-electron chi connectivity index (χ0n) is 39.2. The van der Waals surface area contributed by atoms with Gasteiger partial charge < -0.3 is 21.3 Å². The summed E-state index contributed by atoms with van der Waals surface area (Å²) in [5.41, 5.74) is 7.21. The number of ketones is 1. The number of fused-ring (bicyclic) bond motifs is 10. The molecule has 0 amide bonds. The van der Waals surface area contributed by atoms with Crippen LogP contribution in [-0.2, 0) is 4.79 Å². The zero-order valence-corrected chi connectivity index (χ0v) is 55.8.